The number of rotatable bonds is 0. The molecule has 3 heteroatoms. The summed E-state index contributed by atoms with van der Waals surface area (Å²) >= 11 is 5.43. The standard InChI is InChI=1S/C5H4ClN.Na.H/c6-5-3-1-2-4-7-5;;/h1-4H;;. The van der Waals surface area contributed by atoms with Gasteiger partial charge in [-0.05, 0) is 12.1 Å². The van der Waals surface area contributed by atoms with E-state index in [1.165, 1.54) is 0 Å². The average Bonchev–Trinajstić information content (AvgIpc) is 1.69. The van der Waals surface area contributed by atoms with Crippen LogP contribution >= 0.6 is 11.6 Å². The summed E-state index contributed by atoms with van der Waals surface area (Å²) in [6.07, 6.45) is 1.66. The van der Waals surface area contributed by atoms with Gasteiger partial charge in [0.1, 0.15) is 5.15 Å². The molecule has 0 radical (unpaired) electrons. The first-order valence-corrected chi connectivity index (χ1v) is 2.34. The Morgan fingerprint density at radius 2 is 2.12 bits per heavy atom. The van der Waals surface area contributed by atoms with Crippen LogP contribution in [0.4, 0.5) is 0 Å². The molecular weight excluding hydrogens is 133 g/mol. The fourth-order valence-corrected chi connectivity index (χ4v) is 0.471. The predicted octanol–water partition coefficient (Wildman–Crippen LogP) is 1.09. The van der Waals surface area contributed by atoms with Crippen LogP contribution in [0.15, 0.2) is 24.4 Å². The maximum atomic E-state index is 5.43. The molecule has 0 unspecified atom stereocenters. The van der Waals surface area contributed by atoms with Crippen LogP contribution in [0.25, 0.3) is 0 Å². The molecule has 0 amide bonds. The second-order valence-electron chi connectivity index (χ2n) is 1.15. The molecule has 0 saturated heterocycles. The molecule has 1 heterocycles. The predicted molar refractivity (Wildman–Crippen MR) is 36.4 cm³/mol. The molecule has 0 aliphatic rings. The van der Waals surface area contributed by atoms with Crippen molar-refractivity contribution in [3.63, 3.8) is 0 Å². The van der Waals surface area contributed by atoms with E-state index in [1.807, 2.05) is 12.1 Å². The molecule has 0 atom stereocenters. The van der Waals surface area contributed by atoms with Crippen molar-refractivity contribution >= 4 is 41.2 Å². The van der Waals surface area contributed by atoms with Gasteiger partial charge < -0.3 is 0 Å². The van der Waals surface area contributed by atoms with E-state index in [0.717, 1.165) is 0 Å². The van der Waals surface area contributed by atoms with Gasteiger partial charge in [-0.1, -0.05) is 17.7 Å². The average molecular weight is 138 g/mol. The third kappa shape index (κ3) is 2.68. The molecule has 1 rings (SSSR count). The van der Waals surface area contributed by atoms with E-state index < -0.39 is 0 Å². The van der Waals surface area contributed by atoms with E-state index in [9.17, 15) is 0 Å². The molecule has 0 spiro atoms. The number of hydrogen-bond donors (Lipinski definition) is 0. The van der Waals surface area contributed by atoms with Crippen molar-refractivity contribution in [2.24, 2.45) is 0 Å². The van der Waals surface area contributed by atoms with E-state index in [-0.39, 0.29) is 29.6 Å². The maximum absolute atomic E-state index is 5.43. The van der Waals surface area contributed by atoms with Crippen molar-refractivity contribution in [1.82, 2.24) is 4.98 Å². The summed E-state index contributed by atoms with van der Waals surface area (Å²) in [7, 11) is 0. The summed E-state index contributed by atoms with van der Waals surface area (Å²) in [5.74, 6) is 0. The van der Waals surface area contributed by atoms with Crippen LogP contribution in [0, 0.1) is 0 Å². The van der Waals surface area contributed by atoms with Crippen LogP contribution in [-0.2, 0) is 0 Å². The van der Waals surface area contributed by atoms with E-state index >= 15 is 0 Å². The van der Waals surface area contributed by atoms with E-state index in [2.05, 4.69) is 4.98 Å². The SMILES string of the molecule is Clc1ccccn1.[NaH]. The van der Waals surface area contributed by atoms with Crippen LogP contribution in [0.3, 0.4) is 0 Å². The van der Waals surface area contributed by atoms with Crippen molar-refractivity contribution in [1.29, 1.82) is 0 Å². The molecule has 1 aromatic heterocycles. The fraction of sp³-hybridized carbons (Fsp3) is 0. The van der Waals surface area contributed by atoms with Gasteiger partial charge in [0.2, 0.25) is 0 Å². The molecule has 0 N–H and O–H groups in total. The Bertz CT molecular complexity index is 142. The van der Waals surface area contributed by atoms with Gasteiger partial charge in [-0.3, -0.25) is 0 Å². The van der Waals surface area contributed by atoms with Gasteiger partial charge >= 0.3 is 29.6 Å². The van der Waals surface area contributed by atoms with Gasteiger partial charge in [0.25, 0.3) is 0 Å². The van der Waals surface area contributed by atoms with Crippen molar-refractivity contribution in [2.45, 2.75) is 0 Å². The molecule has 0 bridgehead atoms. The van der Waals surface area contributed by atoms with Gasteiger partial charge in [0.15, 0.2) is 0 Å². The number of nitrogens with zero attached hydrogens (tertiary/aromatic N) is 1. The molecule has 1 aromatic rings. The third-order valence-corrected chi connectivity index (χ3v) is 0.852. The van der Waals surface area contributed by atoms with Crippen molar-refractivity contribution in [2.75, 3.05) is 0 Å². The third-order valence-electron chi connectivity index (χ3n) is 0.629. The summed E-state index contributed by atoms with van der Waals surface area (Å²) in [6, 6.07) is 5.41. The molecule has 0 aliphatic carbocycles. The zero-order chi connectivity index (χ0) is 5.11. The molecule has 0 aromatic carbocycles. The first-order chi connectivity index (χ1) is 3.39. The van der Waals surface area contributed by atoms with E-state index in [4.69, 9.17) is 11.6 Å². The van der Waals surface area contributed by atoms with Gasteiger partial charge in [-0.25, -0.2) is 4.98 Å². The molecular formula is C5H5ClNNa. The minimum atomic E-state index is 0. The molecule has 0 fully saturated rings. The molecule has 8 heavy (non-hydrogen) atoms. The van der Waals surface area contributed by atoms with Gasteiger partial charge in [0, 0.05) is 6.20 Å². The Kier molecular flexibility index (Phi) is 4.57. The van der Waals surface area contributed by atoms with Gasteiger partial charge in [0.05, 0.1) is 0 Å². The quantitative estimate of drug-likeness (QED) is 0.385. The summed E-state index contributed by atoms with van der Waals surface area (Å²) in [5, 5.41) is 0.544. The Hall–Kier alpha value is 0.440. The summed E-state index contributed by atoms with van der Waals surface area (Å²) in [6.45, 7) is 0. The Balaban J connectivity index is 0.000000490. The van der Waals surface area contributed by atoms with Crippen molar-refractivity contribution in [3.05, 3.63) is 29.5 Å². The molecule has 38 valence electrons. The number of hydrogen-bond acceptors (Lipinski definition) is 1. The number of pyridine rings is 1. The van der Waals surface area contributed by atoms with Crippen molar-refractivity contribution in [3.8, 4) is 0 Å². The first-order valence-electron chi connectivity index (χ1n) is 1.96. The second-order valence-corrected chi connectivity index (χ2v) is 1.54. The number of aromatic nitrogens is 1. The van der Waals surface area contributed by atoms with Crippen LogP contribution in [0.5, 0.6) is 0 Å². The molecule has 1 nitrogen and oxygen atoms in total. The zero-order valence-electron chi connectivity index (χ0n) is 3.63. The van der Waals surface area contributed by atoms with E-state index in [1.54, 1.807) is 12.3 Å². The minimum absolute atomic E-state index is 0. The van der Waals surface area contributed by atoms with Crippen LogP contribution in [0.2, 0.25) is 5.15 Å². The monoisotopic (exact) mass is 137 g/mol. The normalized spacial score (nSPS) is 7.62. The summed E-state index contributed by atoms with van der Waals surface area (Å²) < 4.78 is 0. The summed E-state index contributed by atoms with van der Waals surface area (Å²) in [5.41, 5.74) is 0. The van der Waals surface area contributed by atoms with Crippen LogP contribution in [-0.4, -0.2) is 34.5 Å². The second kappa shape index (κ2) is 4.33. The van der Waals surface area contributed by atoms with Crippen LogP contribution in [0.1, 0.15) is 0 Å². The fourth-order valence-electron chi connectivity index (χ4n) is 0.342. The first kappa shape index (κ1) is 8.44. The van der Waals surface area contributed by atoms with Gasteiger partial charge in [-0.15, -0.1) is 0 Å². The Morgan fingerprint density at radius 3 is 2.38 bits per heavy atom. The van der Waals surface area contributed by atoms with E-state index in [0.29, 0.717) is 5.15 Å². The topological polar surface area (TPSA) is 12.9 Å². The summed E-state index contributed by atoms with van der Waals surface area (Å²) in [4.78, 5) is 3.74. The number of halogens is 1. The molecule has 0 saturated carbocycles. The Labute approximate surface area is 75.4 Å². The Morgan fingerprint density at radius 1 is 1.38 bits per heavy atom. The van der Waals surface area contributed by atoms with Crippen molar-refractivity contribution < 1.29 is 0 Å². The van der Waals surface area contributed by atoms with Gasteiger partial charge in [-0.2, -0.15) is 0 Å². The van der Waals surface area contributed by atoms with Crippen LogP contribution < -0.4 is 0 Å². The zero-order valence-corrected chi connectivity index (χ0v) is 4.39. The molecule has 0 aliphatic heterocycles.